The van der Waals surface area contributed by atoms with Crippen LogP contribution in [0.5, 0.6) is 0 Å². The molecule has 28 heavy (non-hydrogen) atoms. The lowest BCUT2D eigenvalue weighted by Crippen LogP contribution is -2.49. The summed E-state index contributed by atoms with van der Waals surface area (Å²) >= 11 is 6.02. The molecule has 0 unspecified atom stereocenters. The highest BCUT2D eigenvalue weighted by Crippen LogP contribution is 2.21. The van der Waals surface area contributed by atoms with E-state index in [9.17, 15) is 9.90 Å². The Bertz CT molecular complexity index is 748. The van der Waals surface area contributed by atoms with Crippen LogP contribution in [0.3, 0.4) is 0 Å². The first kappa shape index (κ1) is 20.6. The van der Waals surface area contributed by atoms with E-state index in [1.54, 1.807) is 12.1 Å². The van der Waals surface area contributed by atoms with Crippen LogP contribution in [0.15, 0.2) is 54.6 Å². The van der Waals surface area contributed by atoms with Gasteiger partial charge in [-0.3, -0.25) is 4.90 Å². The zero-order valence-corrected chi connectivity index (χ0v) is 16.8. The van der Waals surface area contributed by atoms with Crippen LogP contribution in [0.1, 0.15) is 24.8 Å². The van der Waals surface area contributed by atoms with Crippen molar-refractivity contribution in [1.82, 2.24) is 9.80 Å². The van der Waals surface area contributed by atoms with E-state index in [1.165, 1.54) is 5.56 Å². The fourth-order valence-electron chi connectivity index (χ4n) is 3.68. The molecule has 0 saturated carbocycles. The highest BCUT2D eigenvalue weighted by atomic mass is 35.5. The largest absolute Gasteiger partial charge is 0.396 e. The van der Waals surface area contributed by atoms with Gasteiger partial charge in [-0.15, -0.1) is 0 Å². The monoisotopic (exact) mass is 401 g/mol. The second kappa shape index (κ2) is 10.5. The Morgan fingerprint density at radius 1 is 1.14 bits per heavy atom. The first-order valence-corrected chi connectivity index (χ1v) is 10.2. The fourth-order valence-corrected chi connectivity index (χ4v) is 3.87. The Morgan fingerprint density at radius 2 is 1.89 bits per heavy atom. The molecule has 2 aromatic rings. The number of benzene rings is 2. The van der Waals surface area contributed by atoms with Crippen LogP contribution >= 0.6 is 11.6 Å². The first-order valence-electron chi connectivity index (χ1n) is 9.86. The van der Waals surface area contributed by atoms with Gasteiger partial charge in [-0.1, -0.05) is 48.0 Å². The summed E-state index contributed by atoms with van der Waals surface area (Å²) < 4.78 is 0. The molecule has 0 aliphatic carbocycles. The summed E-state index contributed by atoms with van der Waals surface area (Å²) in [6, 6.07) is 17.7. The van der Waals surface area contributed by atoms with Crippen molar-refractivity contribution < 1.29 is 9.90 Å². The van der Waals surface area contributed by atoms with E-state index in [-0.39, 0.29) is 18.7 Å². The van der Waals surface area contributed by atoms with Crippen LogP contribution in [-0.2, 0) is 6.54 Å². The van der Waals surface area contributed by atoms with Crippen LogP contribution in [0, 0.1) is 0 Å². The van der Waals surface area contributed by atoms with E-state index in [0.29, 0.717) is 23.7 Å². The van der Waals surface area contributed by atoms with Gasteiger partial charge in [-0.05, 0) is 43.0 Å². The molecule has 1 saturated heterocycles. The quantitative estimate of drug-likeness (QED) is 0.730. The Morgan fingerprint density at radius 3 is 2.57 bits per heavy atom. The maximum absolute atomic E-state index is 12.9. The summed E-state index contributed by atoms with van der Waals surface area (Å²) in [5.74, 6) is 0. The van der Waals surface area contributed by atoms with E-state index >= 15 is 0 Å². The number of hydrogen-bond acceptors (Lipinski definition) is 3. The molecule has 6 heteroatoms. The number of urea groups is 1. The van der Waals surface area contributed by atoms with E-state index in [4.69, 9.17) is 11.6 Å². The molecular formula is C22H28ClN3O2. The lowest BCUT2D eigenvalue weighted by molar-refractivity contribution is 0.118. The van der Waals surface area contributed by atoms with Crippen LogP contribution in [-0.4, -0.2) is 53.2 Å². The van der Waals surface area contributed by atoms with Gasteiger partial charge in [-0.2, -0.15) is 0 Å². The molecule has 1 aliphatic rings. The molecule has 2 aromatic carbocycles. The number of nitrogens with one attached hydrogen (secondary N) is 1. The van der Waals surface area contributed by atoms with Crippen molar-refractivity contribution in [2.45, 2.75) is 31.8 Å². The molecule has 5 nitrogen and oxygen atoms in total. The van der Waals surface area contributed by atoms with Crippen LogP contribution in [0.2, 0.25) is 5.02 Å². The Kier molecular flexibility index (Phi) is 7.71. The topological polar surface area (TPSA) is 55.8 Å². The third-order valence-corrected chi connectivity index (χ3v) is 5.38. The second-order valence-corrected chi connectivity index (χ2v) is 7.64. The smallest absolute Gasteiger partial charge is 0.322 e. The van der Waals surface area contributed by atoms with Gasteiger partial charge in [0.1, 0.15) is 0 Å². The Labute approximate surface area is 171 Å². The van der Waals surface area contributed by atoms with Gasteiger partial charge in [0.05, 0.1) is 0 Å². The molecule has 0 atom stereocenters. The number of aliphatic hydroxyl groups is 1. The number of nitrogens with zero attached hydrogens (tertiary/aromatic N) is 2. The lowest BCUT2D eigenvalue weighted by atomic mass is 10.0. The molecule has 0 bridgehead atoms. The minimum absolute atomic E-state index is 0.0772. The zero-order valence-electron chi connectivity index (χ0n) is 16.1. The van der Waals surface area contributed by atoms with E-state index in [0.717, 1.165) is 32.5 Å². The molecule has 1 fully saturated rings. The summed E-state index contributed by atoms with van der Waals surface area (Å²) in [4.78, 5) is 17.2. The molecule has 0 spiro atoms. The maximum atomic E-state index is 12.9. The van der Waals surface area contributed by atoms with Crippen molar-refractivity contribution in [3.05, 3.63) is 65.2 Å². The van der Waals surface area contributed by atoms with Gasteiger partial charge < -0.3 is 15.3 Å². The highest BCUT2D eigenvalue weighted by molar-refractivity contribution is 6.30. The van der Waals surface area contributed by atoms with Crippen molar-refractivity contribution in [1.29, 1.82) is 0 Å². The molecule has 2 amide bonds. The summed E-state index contributed by atoms with van der Waals surface area (Å²) in [6.07, 6.45) is 2.44. The minimum atomic E-state index is -0.128. The predicted octanol–water partition coefficient (Wildman–Crippen LogP) is 4.22. The second-order valence-electron chi connectivity index (χ2n) is 7.20. The number of piperidine rings is 1. The Balaban J connectivity index is 1.58. The van der Waals surface area contributed by atoms with Gasteiger partial charge in [0.25, 0.3) is 0 Å². The number of hydrogen-bond donors (Lipinski definition) is 2. The molecule has 0 radical (unpaired) electrons. The van der Waals surface area contributed by atoms with Gasteiger partial charge in [0.15, 0.2) is 0 Å². The van der Waals surface area contributed by atoms with Crippen molar-refractivity contribution >= 4 is 23.3 Å². The number of aliphatic hydroxyl groups excluding tert-OH is 1. The third kappa shape index (κ3) is 5.96. The normalized spacial score (nSPS) is 15.4. The van der Waals surface area contributed by atoms with Gasteiger partial charge in [-0.25, -0.2) is 4.79 Å². The van der Waals surface area contributed by atoms with E-state index in [1.807, 2.05) is 23.1 Å². The van der Waals surface area contributed by atoms with Gasteiger partial charge in [0.2, 0.25) is 0 Å². The molecule has 150 valence electrons. The standard InChI is InChI=1S/C22H28ClN3O2/c23-19-8-4-9-20(16-19)24-22(28)26(12-5-15-27)21-10-13-25(14-11-21)17-18-6-2-1-3-7-18/h1-4,6-9,16,21,27H,5,10-15,17H2,(H,24,28). The molecule has 0 aromatic heterocycles. The Hall–Kier alpha value is -2.08. The minimum Gasteiger partial charge on any atom is -0.396 e. The van der Waals surface area contributed by atoms with Crippen LogP contribution in [0.25, 0.3) is 0 Å². The molecule has 3 rings (SSSR count). The molecule has 1 heterocycles. The molecule has 1 aliphatic heterocycles. The maximum Gasteiger partial charge on any atom is 0.322 e. The number of halogens is 1. The summed E-state index contributed by atoms with van der Waals surface area (Å²) in [6.45, 7) is 3.48. The van der Waals surface area contributed by atoms with Crippen molar-refractivity contribution in [3.8, 4) is 0 Å². The van der Waals surface area contributed by atoms with E-state index < -0.39 is 0 Å². The summed E-state index contributed by atoms with van der Waals surface area (Å²) in [5, 5.41) is 12.8. The van der Waals surface area contributed by atoms with Crippen LogP contribution < -0.4 is 5.32 Å². The third-order valence-electron chi connectivity index (χ3n) is 5.14. The number of amides is 2. The SMILES string of the molecule is O=C(Nc1cccc(Cl)c1)N(CCCO)C1CCN(Cc2ccccc2)CC1. The van der Waals surface area contributed by atoms with E-state index in [2.05, 4.69) is 34.5 Å². The van der Waals surface area contributed by atoms with Crippen LogP contribution in [0.4, 0.5) is 10.5 Å². The number of anilines is 1. The fraction of sp³-hybridized carbons (Fsp3) is 0.409. The number of carbonyl (C=O) groups is 1. The highest BCUT2D eigenvalue weighted by Gasteiger charge is 2.27. The summed E-state index contributed by atoms with van der Waals surface area (Å²) in [7, 11) is 0. The van der Waals surface area contributed by atoms with Crippen molar-refractivity contribution in [3.63, 3.8) is 0 Å². The van der Waals surface area contributed by atoms with Crippen molar-refractivity contribution in [2.75, 3.05) is 31.6 Å². The zero-order chi connectivity index (χ0) is 19.8. The number of likely N-dealkylation sites (tertiary alicyclic amines) is 1. The van der Waals surface area contributed by atoms with Gasteiger partial charge in [0, 0.05) is 49.5 Å². The number of rotatable bonds is 7. The van der Waals surface area contributed by atoms with Gasteiger partial charge >= 0.3 is 6.03 Å². The summed E-state index contributed by atoms with van der Waals surface area (Å²) in [5.41, 5.74) is 2.00. The average Bonchev–Trinajstić information content (AvgIpc) is 2.70. The predicted molar refractivity (Wildman–Crippen MR) is 114 cm³/mol. The van der Waals surface area contributed by atoms with Crippen molar-refractivity contribution in [2.24, 2.45) is 0 Å². The molecule has 2 N–H and O–H groups in total. The lowest BCUT2D eigenvalue weighted by Gasteiger charge is -2.38. The first-order chi connectivity index (χ1) is 13.7. The number of carbonyl (C=O) groups excluding carboxylic acids is 1. The molecular weight excluding hydrogens is 374 g/mol. The average molecular weight is 402 g/mol.